The second-order valence-electron chi connectivity index (χ2n) is 9.52. The molecule has 202 valence electrons. The van der Waals surface area contributed by atoms with Gasteiger partial charge in [-0.2, -0.15) is 0 Å². The van der Waals surface area contributed by atoms with Gasteiger partial charge in [0.2, 0.25) is 11.8 Å². The lowest BCUT2D eigenvalue weighted by Gasteiger charge is -2.34. The first-order valence-electron chi connectivity index (χ1n) is 12.4. The largest absolute Gasteiger partial charge is 0.378 e. The van der Waals surface area contributed by atoms with E-state index in [0.717, 1.165) is 23.3 Å². The minimum absolute atomic E-state index is 0.0645. The topological polar surface area (TPSA) is 104 Å². The van der Waals surface area contributed by atoms with Crippen LogP contribution in [0, 0.1) is 11.6 Å². The van der Waals surface area contributed by atoms with Crippen molar-refractivity contribution in [2.24, 2.45) is 5.73 Å². The van der Waals surface area contributed by atoms with Gasteiger partial charge in [0.25, 0.3) is 5.91 Å². The third-order valence-corrected chi connectivity index (χ3v) is 6.72. The maximum Gasteiger partial charge on any atom is 0.263 e. The van der Waals surface area contributed by atoms with Crippen molar-refractivity contribution in [3.8, 4) is 0 Å². The summed E-state index contributed by atoms with van der Waals surface area (Å²) in [6.07, 6.45) is -0.279. The molecule has 1 aliphatic heterocycles. The lowest BCUT2D eigenvalue weighted by Crippen LogP contribution is -2.57. The molecule has 0 spiro atoms. The quantitative estimate of drug-likeness (QED) is 0.502. The third-order valence-electron chi connectivity index (χ3n) is 6.72. The maximum absolute atomic E-state index is 14.0. The Balaban J connectivity index is 1.82. The third kappa shape index (κ3) is 5.94. The molecule has 0 aromatic heterocycles. The van der Waals surface area contributed by atoms with Gasteiger partial charge in [-0.1, -0.05) is 66.7 Å². The number of hydrogen-bond acceptors (Lipinski definition) is 5. The fourth-order valence-electron chi connectivity index (χ4n) is 4.72. The molecule has 4 atom stereocenters. The van der Waals surface area contributed by atoms with Gasteiger partial charge in [-0.15, -0.1) is 0 Å². The van der Waals surface area contributed by atoms with Crippen LogP contribution in [0.15, 0.2) is 84.9 Å². The summed E-state index contributed by atoms with van der Waals surface area (Å²) in [5.74, 6) is -4.70. The Morgan fingerprint density at radius 1 is 0.974 bits per heavy atom. The number of aliphatic hydroxyl groups excluding tert-OH is 1. The Bertz CT molecular complexity index is 1380. The molecule has 0 saturated heterocycles. The van der Waals surface area contributed by atoms with Crippen molar-refractivity contribution in [3.63, 3.8) is 0 Å². The number of imide groups is 1. The standard InChI is InChI=1S/C30H29F2N3O4/c1-18(33)28(37)35(30(39)27(36)22-13-23(31)17-24(32)14-22)26-16-21(19-9-5-3-6-10-19)15-25(34(2)29(26)38)20-11-7-4-8-12-20/h3-15,17-18,25-27,36H,16,33H2,1-2H3/t18-,25+,26-,27-/m0/s1. The molecule has 0 bridgehead atoms. The molecular weight excluding hydrogens is 504 g/mol. The van der Waals surface area contributed by atoms with Crippen LogP contribution in [0.2, 0.25) is 0 Å². The number of carbonyl (C=O) groups excluding carboxylic acids is 3. The van der Waals surface area contributed by atoms with E-state index < -0.39 is 59.1 Å². The van der Waals surface area contributed by atoms with Gasteiger partial charge in [-0.3, -0.25) is 19.3 Å². The molecule has 3 amide bonds. The van der Waals surface area contributed by atoms with Gasteiger partial charge in [0, 0.05) is 19.5 Å². The smallest absolute Gasteiger partial charge is 0.263 e. The molecule has 3 aromatic carbocycles. The van der Waals surface area contributed by atoms with Crippen molar-refractivity contribution in [1.29, 1.82) is 0 Å². The lowest BCUT2D eigenvalue weighted by molar-refractivity contribution is -0.160. The van der Waals surface area contributed by atoms with Crippen LogP contribution < -0.4 is 5.73 Å². The van der Waals surface area contributed by atoms with Crippen LogP contribution in [0.3, 0.4) is 0 Å². The normalized spacial score (nSPS) is 19.1. The van der Waals surface area contributed by atoms with Crippen LogP contribution in [-0.4, -0.2) is 51.8 Å². The summed E-state index contributed by atoms with van der Waals surface area (Å²) in [5, 5.41) is 10.8. The van der Waals surface area contributed by atoms with E-state index in [9.17, 15) is 28.3 Å². The van der Waals surface area contributed by atoms with Crippen molar-refractivity contribution >= 4 is 23.3 Å². The summed E-state index contributed by atoms with van der Waals surface area (Å²) in [5.41, 5.74) is 7.75. The van der Waals surface area contributed by atoms with Crippen molar-refractivity contribution in [1.82, 2.24) is 9.80 Å². The van der Waals surface area contributed by atoms with Gasteiger partial charge in [-0.05, 0) is 41.3 Å². The van der Waals surface area contributed by atoms with Crippen molar-refractivity contribution < 1.29 is 28.3 Å². The highest BCUT2D eigenvalue weighted by atomic mass is 19.1. The molecule has 1 aliphatic rings. The SMILES string of the molecule is C[C@H](N)C(=O)N(C(=O)[C@@H](O)c1cc(F)cc(F)c1)[C@H]1CC(c2ccccc2)=C[C@H](c2ccccc2)N(C)C1=O. The lowest BCUT2D eigenvalue weighted by atomic mass is 9.95. The zero-order valence-electron chi connectivity index (χ0n) is 21.5. The zero-order chi connectivity index (χ0) is 28.3. The fourth-order valence-corrected chi connectivity index (χ4v) is 4.72. The van der Waals surface area contributed by atoms with Gasteiger partial charge in [0.15, 0.2) is 6.10 Å². The molecule has 9 heteroatoms. The summed E-state index contributed by atoms with van der Waals surface area (Å²) >= 11 is 0. The van der Waals surface area contributed by atoms with Gasteiger partial charge >= 0.3 is 0 Å². The second-order valence-corrected chi connectivity index (χ2v) is 9.52. The highest BCUT2D eigenvalue weighted by molar-refractivity contribution is 6.04. The van der Waals surface area contributed by atoms with Crippen molar-refractivity contribution in [2.75, 3.05) is 7.05 Å². The van der Waals surface area contributed by atoms with E-state index in [1.807, 2.05) is 66.7 Å². The molecule has 0 radical (unpaired) electrons. The average Bonchev–Trinajstić information content (AvgIpc) is 3.05. The Labute approximate surface area is 225 Å². The molecule has 0 unspecified atom stereocenters. The Morgan fingerprint density at radius 2 is 1.54 bits per heavy atom. The number of halogens is 2. The zero-order valence-corrected chi connectivity index (χ0v) is 21.5. The summed E-state index contributed by atoms with van der Waals surface area (Å²) in [7, 11) is 1.56. The minimum atomic E-state index is -2.12. The number of aliphatic hydroxyl groups is 1. The predicted molar refractivity (Wildman–Crippen MR) is 142 cm³/mol. The van der Waals surface area contributed by atoms with Gasteiger partial charge in [0.1, 0.15) is 17.7 Å². The van der Waals surface area contributed by atoms with E-state index in [2.05, 4.69) is 0 Å². The molecular formula is C30H29F2N3O4. The van der Waals surface area contributed by atoms with E-state index >= 15 is 0 Å². The Kier molecular flexibility index (Phi) is 8.32. The van der Waals surface area contributed by atoms with Gasteiger partial charge in [-0.25, -0.2) is 8.78 Å². The highest BCUT2D eigenvalue weighted by Gasteiger charge is 2.43. The molecule has 0 saturated carbocycles. The minimum Gasteiger partial charge on any atom is -0.378 e. The number of nitrogens with zero attached hydrogens (tertiary/aromatic N) is 2. The van der Waals surface area contributed by atoms with Gasteiger partial charge < -0.3 is 15.7 Å². The van der Waals surface area contributed by atoms with Crippen LogP contribution in [-0.2, 0) is 14.4 Å². The monoisotopic (exact) mass is 533 g/mol. The molecule has 0 aliphatic carbocycles. The van der Waals surface area contributed by atoms with E-state index in [1.54, 1.807) is 7.05 Å². The number of amides is 3. The fraction of sp³-hybridized carbons (Fsp3) is 0.233. The van der Waals surface area contributed by atoms with Crippen LogP contribution in [0.5, 0.6) is 0 Å². The molecule has 1 heterocycles. The first-order chi connectivity index (χ1) is 18.6. The van der Waals surface area contributed by atoms with Crippen LogP contribution in [0.1, 0.15) is 42.2 Å². The summed E-state index contributed by atoms with van der Waals surface area (Å²) in [6, 6.07) is 17.5. The molecule has 0 fully saturated rings. The first kappa shape index (κ1) is 27.8. The van der Waals surface area contributed by atoms with E-state index in [0.29, 0.717) is 16.5 Å². The van der Waals surface area contributed by atoms with E-state index in [-0.39, 0.29) is 6.42 Å². The number of nitrogens with two attached hydrogens (primary N) is 1. The molecule has 3 aromatic rings. The first-order valence-corrected chi connectivity index (χ1v) is 12.4. The summed E-state index contributed by atoms with van der Waals surface area (Å²) in [6.45, 7) is 1.35. The van der Waals surface area contributed by atoms with Crippen LogP contribution >= 0.6 is 0 Å². The van der Waals surface area contributed by atoms with Crippen LogP contribution in [0.25, 0.3) is 5.57 Å². The number of rotatable bonds is 6. The van der Waals surface area contributed by atoms with E-state index in [1.165, 1.54) is 11.8 Å². The second kappa shape index (κ2) is 11.7. The predicted octanol–water partition coefficient (Wildman–Crippen LogP) is 3.76. The number of likely N-dealkylation sites (N-methyl/N-ethyl adjacent to an activating group) is 1. The highest BCUT2D eigenvalue weighted by Crippen LogP contribution is 2.35. The van der Waals surface area contributed by atoms with Crippen molar-refractivity contribution in [3.05, 3.63) is 113 Å². The van der Waals surface area contributed by atoms with E-state index in [4.69, 9.17) is 5.73 Å². The summed E-state index contributed by atoms with van der Waals surface area (Å²) in [4.78, 5) is 43.0. The van der Waals surface area contributed by atoms with Gasteiger partial charge in [0.05, 0.1) is 12.1 Å². The Hall–Kier alpha value is -4.21. The average molecular weight is 534 g/mol. The maximum atomic E-state index is 14.0. The molecule has 7 nitrogen and oxygen atoms in total. The molecule has 39 heavy (non-hydrogen) atoms. The Morgan fingerprint density at radius 3 is 2.10 bits per heavy atom. The number of carbonyl (C=O) groups is 3. The number of hydrogen-bond donors (Lipinski definition) is 2. The molecule has 3 N–H and O–H groups in total. The summed E-state index contributed by atoms with van der Waals surface area (Å²) < 4.78 is 27.7. The van der Waals surface area contributed by atoms with Crippen LogP contribution in [0.4, 0.5) is 8.78 Å². The number of benzene rings is 3. The molecule has 4 rings (SSSR count). The van der Waals surface area contributed by atoms with Crippen molar-refractivity contribution in [2.45, 2.75) is 37.6 Å².